The van der Waals surface area contributed by atoms with E-state index in [-0.39, 0.29) is 24.0 Å². The van der Waals surface area contributed by atoms with Gasteiger partial charge in [0, 0.05) is 12.3 Å². The highest BCUT2D eigenvalue weighted by atomic mass is 127. The molecule has 3 heteroatoms. The van der Waals surface area contributed by atoms with Crippen LogP contribution in [0.15, 0.2) is 48.9 Å². The van der Waals surface area contributed by atoms with Gasteiger partial charge in [-0.25, -0.2) is 9.55 Å². The molecule has 2 heterocycles. The molecule has 0 aliphatic rings. The first kappa shape index (κ1) is 12.7. The topological polar surface area (TPSA) is 16.8 Å². The molecular weight excluding hydrogens is 311 g/mol. The van der Waals surface area contributed by atoms with Crippen LogP contribution in [0.2, 0.25) is 0 Å². The van der Waals surface area contributed by atoms with Crippen molar-refractivity contribution in [1.29, 1.82) is 0 Å². The van der Waals surface area contributed by atoms with Crippen molar-refractivity contribution >= 4 is 0 Å². The Morgan fingerprint density at radius 2 is 2.00 bits per heavy atom. The highest BCUT2D eigenvalue weighted by Crippen LogP contribution is 1.93. The number of rotatable bonds is 0. The first-order chi connectivity index (χ1) is 7.34. The van der Waals surface area contributed by atoms with Crippen molar-refractivity contribution in [3.8, 4) is 11.8 Å². The molecule has 0 fully saturated rings. The van der Waals surface area contributed by atoms with Crippen LogP contribution in [0, 0.1) is 11.8 Å². The number of halogens is 1. The Morgan fingerprint density at radius 3 is 2.69 bits per heavy atom. The maximum absolute atomic E-state index is 4.14. The lowest BCUT2D eigenvalue weighted by molar-refractivity contribution is -0.671. The summed E-state index contributed by atoms with van der Waals surface area (Å²) < 4.78 is 1.97. The van der Waals surface area contributed by atoms with Crippen molar-refractivity contribution < 1.29 is 28.5 Å². The van der Waals surface area contributed by atoms with Crippen LogP contribution in [0.25, 0.3) is 0 Å². The molecule has 2 nitrogen and oxygen atoms in total. The van der Waals surface area contributed by atoms with Crippen LogP contribution in [0.3, 0.4) is 0 Å². The van der Waals surface area contributed by atoms with E-state index in [1.165, 1.54) is 0 Å². The Morgan fingerprint density at radius 1 is 1.12 bits per heavy atom. The first-order valence-electron chi connectivity index (χ1n) is 4.73. The normalized spacial score (nSPS) is 8.56. The summed E-state index contributed by atoms with van der Waals surface area (Å²) in [6.07, 6.45) is 5.71. The van der Waals surface area contributed by atoms with Crippen LogP contribution in [0.4, 0.5) is 0 Å². The maximum Gasteiger partial charge on any atom is 0.184 e. The molecule has 0 aliphatic carbocycles. The van der Waals surface area contributed by atoms with Crippen LogP contribution in [0.1, 0.15) is 11.3 Å². The van der Waals surface area contributed by atoms with E-state index < -0.39 is 0 Å². The number of hydrogen-bond acceptors (Lipinski definition) is 1. The zero-order valence-electron chi connectivity index (χ0n) is 8.89. The fraction of sp³-hybridized carbons (Fsp3) is 0.0769. The molecule has 0 saturated heterocycles. The van der Waals surface area contributed by atoms with Gasteiger partial charge in [-0.05, 0) is 24.1 Å². The molecule has 0 aliphatic heterocycles. The van der Waals surface area contributed by atoms with E-state index in [0.717, 1.165) is 11.3 Å². The summed E-state index contributed by atoms with van der Waals surface area (Å²) >= 11 is 0. The molecule has 2 aromatic heterocycles. The minimum Gasteiger partial charge on any atom is -1.00 e. The number of aryl methyl sites for hydroxylation is 1. The molecular formula is C13H11IN2. The van der Waals surface area contributed by atoms with Gasteiger partial charge in [-0.2, -0.15) is 0 Å². The molecule has 0 bridgehead atoms. The second-order valence-corrected chi connectivity index (χ2v) is 3.22. The summed E-state index contributed by atoms with van der Waals surface area (Å²) in [6.45, 7) is 0. The third-order valence-electron chi connectivity index (χ3n) is 1.94. The van der Waals surface area contributed by atoms with Crippen molar-refractivity contribution in [1.82, 2.24) is 4.98 Å². The Bertz CT molecular complexity index is 512. The van der Waals surface area contributed by atoms with E-state index in [2.05, 4.69) is 16.8 Å². The number of nitrogens with zero attached hydrogens (tertiary/aromatic N) is 2. The molecule has 16 heavy (non-hydrogen) atoms. The summed E-state index contributed by atoms with van der Waals surface area (Å²) in [4.78, 5) is 4.14. The second-order valence-electron chi connectivity index (χ2n) is 3.22. The smallest absolute Gasteiger partial charge is 0.184 e. The van der Waals surface area contributed by atoms with Crippen molar-refractivity contribution in [2.24, 2.45) is 7.05 Å². The van der Waals surface area contributed by atoms with Crippen molar-refractivity contribution in [3.05, 3.63) is 60.2 Å². The first-order valence-corrected chi connectivity index (χ1v) is 4.73. The third-order valence-corrected chi connectivity index (χ3v) is 1.94. The van der Waals surface area contributed by atoms with Crippen molar-refractivity contribution in [2.75, 3.05) is 0 Å². The standard InChI is InChI=1S/C13H11N2.HI/c1-15-10-4-5-12(11-15)7-8-13-6-2-3-9-14-13;/h2-6,9-11H,1H3;1H/q+1;/p-1. The van der Waals surface area contributed by atoms with Crippen LogP contribution < -0.4 is 28.5 Å². The van der Waals surface area contributed by atoms with Crippen LogP contribution in [-0.4, -0.2) is 4.98 Å². The van der Waals surface area contributed by atoms with Gasteiger partial charge in [-0.15, -0.1) is 0 Å². The van der Waals surface area contributed by atoms with E-state index in [9.17, 15) is 0 Å². The van der Waals surface area contributed by atoms with Crippen molar-refractivity contribution in [3.63, 3.8) is 0 Å². The SMILES string of the molecule is C[n+]1cccc(C#Cc2ccccn2)c1.[I-]. The largest absolute Gasteiger partial charge is 1.00 e. The summed E-state index contributed by atoms with van der Waals surface area (Å²) in [5.74, 6) is 6.08. The van der Waals surface area contributed by atoms with Gasteiger partial charge in [0.2, 0.25) is 0 Å². The lowest BCUT2D eigenvalue weighted by atomic mass is 10.2. The second kappa shape index (κ2) is 6.23. The molecule has 0 unspecified atom stereocenters. The molecule has 0 amide bonds. The third kappa shape index (κ3) is 3.63. The fourth-order valence-electron chi connectivity index (χ4n) is 1.23. The molecule has 0 saturated carbocycles. The number of pyridine rings is 2. The molecule has 0 N–H and O–H groups in total. The predicted molar refractivity (Wildman–Crippen MR) is 57.8 cm³/mol. The Labute approximate surface area is 112 Å². The van der Waals surface area contributed by atoms with Gasteiger partial charge in [-0.1, -0.05) is 12.0 Å². The number of aromatic nitrogens is 2. The Hall–Kier alpha value is -1.41. The molecule has 0 atom stereocenters. The molecule has 0 radical (unpaired) electrons. The molecule has 0 spiro atoms. The molecule has 80 valence electrons. The summed E-state index contributed by atoms with van der Waals surface area (Å²) in [7, 11) is 1.98. The lowest BCUT2D eigenvalue weighted by Gasteiger charge is -1.88. The fourth-order valence-corrected chi connectivity index (χ4v) is 1.23. The molecule has 2 rings (SSSR count). The van der Waals surface area contributed by atoms with Crippen LogP contribution >= 0.6 is 0 Å². The van der Waals surface area contributed by atoms with Crippen LogP contribution in [0.5, 0.6) is 0 Å². The summed E-state index contributed by atoms with van der Waals surface area (Å²) in [5.41, 5.74) is 1.79. The van der Waals surface area contributed by atoms with Crippen LogP contribution in [-0.2, 0) is 7.05 Å². The highest BCUT2D eigenvalue weighted by Gasteiger charge is 1.92. The van der Waals surface area contributed by atoms with Gasteiger partial charge in [0.25, 0.3) is 0 Å². The molecule has 0 aromatic carbocycles. The van der Waals surface area contributed by atoms with E-state index in [0.29, 0.717) is 0 Å². The van der Waals surface area contributed by atoms with Gasteiger partial charge in [0.05, 0.1) is 5.56 Å². The van der Waals surface area contributed by atoms with E-state index >= 15 is 0 Å². The lowest BCUT2D eigenvalue weighted by Crippen LogP contribution is -3.00. The van der Waals surface area contributed by atoms with E-state index in [1.807, 2.05) is 54.3 Å². The van der Waals surface area contributed by atoms with E-state index in [1.54, 1.807) is 6.20 Å². The minimum atomic E-state index is 0. The monoisotopic (exact) mass is 322 g/mol. The summed E-state index contributed by atoms with van der Waals surface area (Å²) in [5, 5.41) is 0. The van der Waals surface area contributed by atoms with Gasteiger partial charge < -0.3 is 24.0 Å². The van der Waals surface area contributed by atoms with E-state index in [4.69, 9.17) is 0 Å². The van der Waals surface area contributed by atoms with Gasteiger partial charge in [-0.3, -0.25) is 0 Å². The molecule has 2 aromatic rings. The quantitative estimate of drug-likeness (QED) is 0.321. The van der Waals surface area contributed by atoms with Gasteiger partial charge >= 0.3 is 0 Å². The Balaban J connectivity index is 0.00000128. The minimum absolute atomic E-state index is 0. The maximum atomic E-state index is 4.14. The highest BCUT2D eigenvalue weighted by molar-refractivity contribution is 5.37. The number of hydrogen-bond donors (Lipinski definition) is 0. The average Bonchev–Trinajstić information content (AvgIpc) is 2.28. The predicted octanol–water partition coefficient (Wildman–Crippen LogP) is -1.69. The average molecular weight is 322 g/mol. The zero-order valence-corrected chi connectivity index (χ0v) is 11.0. The van der Waals surface area contributed by atoms with Gasteiger partial charge in [0.15, 0.2) is 12.4 Å². The van der Waals surface area contributed by atoms with Gasteiger partial charge in [0.1, 0.15) is 12.7 Å². The Kier molecular flexibility index (Phi) is 4.93. The zero-order chi connectivity index (χ0) is 10.5. The van der Waals surface area contributed by atoms with Crippen molar-refractivity contribution in [2.45, 2.75) is 0 Å². The summed E-state index contributed by atoms with van der Waals surface area (Å²) in [6, 6.07) is 9.67.